The van der Waals surface area contributed by atoms with Gasteiger partial charge >= 0.3 is 5.63 Å². The van der Waals surface area contributed by atoms with E-state index in [4.69, 9.17) is 4.42 Å². The molecule has 2 rings (SSSR count). The highest BCUT2D eigenvalue weighted by Gasteiger charge is 2.14. The average molecular weight is 317 g/mol. The van der Waals surface area contributed by atoms with Gasteiger partial charge in [0.2, 0.25) is 0 Å². The van der Waals surface area contributed by atoms with E-state index in [1.54, 1.807) is 0 Å². The number of nitrogens with one attached hydrogen (secondary N) is 2. The number of hydrogen-bond donors (Lipinski definition) is 2. The molecule has 1 amide bonds. The summed E-state index contributed by atoms with van der Waals surface area (Å²) < 4.78 is 5.32. The van der Waals surface area contributed by atoms with Crippen LogP contribution in [0.1, 0.15) is 31.9 Å². The van der Waals surface area contributed by atoms with E-state index < -0.39 is 0 Å². The first-order valence-corrected chi connectivity index (χ1v) is 8.05. The van der Waals surface area contributed by atoms with Gasteiger partial charge in [-0.05, 0) is 31.9 Å². The Morgan fingerprint density at radius 1 is 1.30 bits per heavy atom. The number of quaternary nitrogens is 1. The van der Waals surface area contributed by atoms with Crippen molar-refractivity contribution < 1.29 is 14.1 Å². The van der Waals surface area contributed by atoms with Crippen molar-refractivity contribution in [2.24, 2.45) is 0 Å². The van der Waals surface area contributed by atoms with Crippen LogP contribution in [0, 0.1) is 0 Å². The van der Waals surface area contributed by atoms with Crippen LogP contribution in [0.4, 0.5) is 0 Å². The number of fused-ring (bicyclic) bond motifs is 1. The molecule has 0 spiro atoms. The standard InChI is InChI=1S/C18H24N2O3/c1-5-13-6-7-15-14(9-18(22)23-16(15)8-13)10-20(4)11-17(21)19-12(2)3/h6-9,12H,5,10-11H2,1-4H3,(H,19,21)/p+1. The molecule has 124 valence electrons. The molecule has 2 N–H and O–H groups in total. The molecule has 0 aliphatic heterocycles. The van der Waals surface area contributed by atoms with Crippen molar-refractivity contribution in [1.82, 2.24) is 5.32 Å². The van der Waals surface area contributed by atoms with Gasteiger partial charge in [0.25, 0.3) is 5.91 Å². The minimum Gasteiger partial charge on any atom is -0.423 e. The SMILES string of the molecule is CCc1ccc2c(C[NH+](C)CC(=O)NC(C)C)cc(=O)oc2c1. The smallest absolute Gasteiger partial charge is 0.336 e. The molecule has 5 heteroatoms. The highest BCUT2D eigenvalue weighted by Crippen LogP contribution is 2.18. The minimum atomic E-state index is -0.347. The predicted molar refractivity (Wildman–Crippen MR) is 90.6 cm³/mol. The van der Waals surface area contributed by atoms with Crippen LogP contribution < -0.4 is 15.8 Å². The Morgan fingerprint density at radius 3 is 2.70 bits per heavy atom. The summed E-state index contributed by atoms with van der Waals surface area (Å²) in [7, 11) is 1.95. The van der Waals surface area contributed by atoms with Crippen LogP contribution in [-0.4, -0.2) is 25.5 Å². The van der Waals surface area contributed by atoms with Gasteiger partial charge in [0, 0.05) is 23.1 Å². The summed E-state index contributed by atoms with van der Waals surface area (Å²) in [5.41, 5.74) is 2.31. The largest absolute Gasteiger partial charge is 0.423 e. The summed E-state index contributed by atoms with van der Waals surface area (Å²) in [6, 6.07) is 7.62. The fraction of sp³-hybridized carbons (Fsp3) is 0.444. The summed E-state index contributed by atoms with van der Waals surface area (Å²) in [6.07, 6.45) is 0.893. The maximum absolute atomic E-state index is 11.9. The van der Waals surface area contributed by atoms with E-state index in [9.17, 15) is 9.59 Å². The summed E-state index contributed by atoms with van der Waals surface area (Å²) in [4.78, 5) is 24.7. The van der Waals surface area contributed by atoms with Crippen molar-refractivity contribution in [2.45, 2.75) is 39.8 Å². The van der Waals surface area contributed by atoms with Crippen molar-refractivity contribution in [3.05, 3.63) is 45.8 Å². The minimum absolute atomic E-state index is 0.0121. The highest BCUT2D eigenvalue weighted by molar-refractivity contribution is 5.80. The number of hydrogen-bond acceptors (Lipinski definition) is 3. The van der Waals surface area contributed by atoms with E-state index in [-0.39, 0.29) is 17.6 Å². The van der Waals surface area contributed by atoms with E-state index in [0.717, 1.165) is 27.8 Å². The first-order chi connectivity index (χ1) is 10.9. The molecule has 0 bridgehead atoms. The van der Waals surface area contributed by atoms with Crippen LogP contribution in [0.25, 0.3) is 11.0 Å². The molecular weight excluding hydrogens is 292 g/mol. The molecule has 2 aromatic rings. The number of aryl methyl sites for hydroxylation is 1. The average Bonchev–Trinajstić information content (AvgIpc) is 2.45. The van der Waals surface area contributed by atoms with Crippen LogP contribution >= 0.6 is 0 Å². The third kappa shape index (κ3) is 4.66. The van der Waals surface area contributed by atoms with E-state index in [0.29, 0.717) is 18.7 Å². The van der Waals surface area contributed by atoms with Crippen LogP contribution in [0.5, 0.6) is 0 Å². The fourth-order valence-corrected chi connectivity index (χ4v) is 2.68. The van der Waals surface area contributed by atoms with E-state index in [2.05, 4.69) is 12.2 Å². The molecule has 0 saturated heterocycles. The number of carbonyl (C=O) groups is 1. The van der Waals surface area contributed by atoms with Crippen LogP contribution in [0.2, 0.25) is 0 Å². The molecule has 1 aromatic heterocycles. The molecule has 1 heterocycles. The van der Waals surface area contributed by atoms with Gasteiger partial charge in [0.1, 0.15) is 12.1 Å². The van der Waals surface area contributed by atoms with Gasteiger partial charge in [-0.25, -0.2) is 4.79 Å². The number of amides is 1. The van der Waals surface area contributed by atoms with Crippen LogP contribution in [0.15, 0.2) is 33.5 Å². The van der Waals surface area contributed by atoms with Gasteiger partial charge in [-0.15, -0.1) is 0 Å². The number of likely N-dealkylation sites (N-methyl/N-ethyl adjacent to an activating group) is 1. The van der Waals surface area contributed by atoms with Crippen LogP contribution in [-0.2, 0) is 17.8 Å². The Balaban J connectivity index is 2.22. The normalized spacial score (nSPS) is 12.6. The summed E-state index contributed by atoms with van der Waals surface area (Å²) in [6.45, 7) is 6.91. The van der Waals surface area contributed by atoms with E-state index in [1.165, 1.54) is 6.07 Å². The summed E-state index contributed by atoms with van der Waals surface area (Å²) in [5.74, 6) is 0.0121. The topological polar surface area (TPSA) is 63.8 Å². The molecule has 1 unspecified atom stereocenters. The maximum atomic E-state index is 11.9. The van der Waals surface area contributed by atoms with Crippen molar-refractivity contribution >= 4 is 16.9 Å². The third-order valence-electron chi connectivity index (χ3n) is 3.71. The summed E-state index contributed by atoms with van der Waals surface area (Å²) in [5, 5.41) is 3.82. The zero-order valence-corrected chi connectivity index (χ0v) is 14.2. The second-order valence-corrected chi connectivity index (χ2v) is 6.31. The highest BCUT2D eigenvalue weighted by atomic mass is 16.4. The molecule has 23 heavy (non-hydrogen) atoms. The fourth-order valence-electron chi connectivity index (χ4n) is 2.68. The van der Waals surface area contributed by atoms with Gasteiger partial charge in [0.15, 0.2) is 6.54 Å². The maximum Gasteiger partial charge on any atom is 0.336 e. The molecular formula is C18H25N2O3+. The zero-order valence-electron chi connectivity index (χ0n) is 14.2. The lowest BCUT2D eigenvalue weighted by Crippen LogP contribution is -3.09. The molecule has 1 aromatic carbocycles. The lowest BCUT2D eigenvalue weighted by molar-refractivity contribution is -0.885. The molecule has 0 fully saturated rings. The van der Waals surface area contributed by atoms with Gasteiger partial charge in [-0.2, -0.15) is 0 Å². The van der Waals surface area contributed by atoms with Crippen molar-refractivity contribution in [3.63, 3.8) is 0 Å². The Labute approximate surface area is 136 Å². The molecule has 5 nitrogen and oxygen atoms in total. The molecule has 1 atom stereocenters. The number of benzene rings is 1. The Bertz CT molecular complexity index is 750. The third-order valence-corrected chi connectivity index (χ3v) is 3.71. The quantitative estimate of drug-likeness (QED) is 0.778. The Morgan fingerprint density at radius 2 is 2.04 bits per heavy atom. The lowest BCUT2D eigenvalue weighted by atomic mass is 10.1. The summed E-state index contributed by atoms with van der Waals surface area (Å²) >= 11 is 0. The molecule has 0 aliphatic carbocycles. The molecule has 0 radical (unpaired) electrons. The van der Waals surface area contributed by atoms with Crippen molar-refractivity contribution in [1.29, 1.82) is 0 Å². The van der Waals surface area contributed by atoms with Gasteiger partial charge in [-0.1, -0.05) is 19.1 Å². The first-order valence-electron chi connectivity index (χ1n) is 8.05. The first kappa shape index (κ1) is 17.2. The van der Waals surface area contributed by atoms with Crippen molar-refractivity contribution in [2.75, 3.05) is 13.6 Å². The lowest BCUT2D eigenvalue weighted by Gasteiger charge is -2.16. The van der Waals surface area contributed by atoms with Gasteiger partial charge in [-0.3, -0.25) is 4.79 Å². The van der Waals surface area contributed by atoms with E-state index in [1.807, 2.05) is 39.1 Å². The van der Waals surface area contributed by atoms with Crippen molar-refractivity contribution in [3.8, 4) is 0 Å². The monoisotopic (exact) mass is 317 g/mol. The molecule has 0 saturated carbocycles. The van der Waals surface area contributed by atoms with E-state index >= 15 is 0 Å². The van der Waals surface area contributed by atoms with Gasteiger partial charge in [0.05, 0.1) is 7.05 Å². The zero-order chi connectivity index (χ0) is 17.0. The predicted octanol–water partition coefficient (Wildman–Crippen LogP) is 0.895. The molecule has 0 aliphatic rings. The van der Waals surface area contributed by atoms with Gasteiger partial charge < -0.3 is 14.6 Å². The Hall–Kier alpha value is -2.14. The number of carbonyl (C=O) groups excluding carboxylic acids is 1. The second-order valence-electron chi connectivity index (χ2n) is 6.31. The number of rotatable bonds is 6. The van der Waals surface area contributed by atoms with Crippen LogP contribution in [0.3, 0.4) is 0 Å². The second kappa shape index (κ2) is 7.42. The Kier molecular flexibility index (Phi) is 5.55.